The van der Waals surface area contributed by atoms with Crippen molar-refractivity contribution in [2.24, 2.45) is 0 Å². The molecule has 0 aliphatic rings. The van der Waals surface area contributed by atoms with Gasteiger partial charge in [0.25, 0.3) is 0 Å². The van der Waals surface area contributed by atoms with E-state index < -0.39 is 0 Å². The van der Waals surface area contributed by atoms with Gasteiger partial charge in [0, 0.05) is 43.8 Å². The first-order valence-electron chi connectivity index (χ1n) is 1.67. The number of hydrogen-bond acceptors (Lipinski definition) is 1. The summed E-state index contributed by atoms with van der Waals surface area (Å²) in [5.41, 5.74) is 0. The number of aliphatic hydroxyl groups is 1. The predicted octanol–water partition coefficient (Wildman–Crippen LogP) is 2.16. The minimum absolute atomic E-state index is 0.319. The molecule has 0 radical (unpaired) electrons. The molecule has 0 aromatic carbocycles. The summed E-state index contributed by atoms with van der Waals surface area (Å²) >= 11 is 4.24. The quantitative estimate of drug-likeness (QED) is 0.736. The lowest BCUT2D eigenvalue weighted by Crippen LogP contribution is -1.69. The predicted molar refractivity (Wildman–Crippen MR) is 45.4 cm³/mol. The van der Waals surface area contributed by atoms with Gasteiger partial charge >= 0.3 is 0 Å². The van der Waals surface area contributed by atoms with Crippen molar-refractivity contribution in [2.45, 2.75) is 13.3 Å². The molecule has 3 heteroatoms. The normalized spacial score (nSPS) is 6.00. The maximum atomic E-state index is 7.88. The lowest BCUT2D eigenvalue weighted by Gasteiger charge is -1.69. The molecule has 0 unspecified atom stereocenters. The van der Waals surface area contributed by atoms with E-state index in [0.29, 0.717) is 6.61 Å². The van der Waals surface area contributed by atoms with E-state index in [-0.39, 0.29) is 0 Å². The molecule has 0 spiro atoms. The van der Waals surface area contributed by atoms with Crippen LogP contribution in [0.4, 0.5) is 0 Å². The molecule has 1 N–H and O–H groups in total. The smallest absolute Gasteiger partial charge is 0.0428 e. The van der Waals surface area contributed by atoms with Crippen molar-refractivity contribution in [2.75, 3.05) is 6.61 Å². The van der Waals surface area contributed by atoms with Crippen LogP contribution in [-0.4, -0.2) is 11.7 Å². The SMILES string of the molecule is CCCO.II. The Bertz CT molecular complexity index is 10.8. The molecule has 0 saturated heterocycles. The van der Waals surface area contributed by atoms with E-state index in [1.165, 1.54) is 0 Å². The summed E-state index contributed by atoms with van der Waals surface area (Å²) < 4.78 is 0. The molecule has 0 aromatic rings. The molecule has 6 heavy (non-hydrogen) atoms. The Morgan fingerprint density at radius 1 is 1.50 bits per heavy atom. The third-order valence-electron chi connectivity index (χ3n) is 0.224. The molecule has 0 aliphatic carbocycles. The van der Waals surface area contributed by atoms with E-state index in [2.05, 4.69) is 37.2 Å². The van der Waals surface area contributed by atoms with E-state index in [4.69, 9.17) is 5.11 Å². The van der Waals surface area contributed by atoms with Crippen LogP contribution in [0.2, 0.25) is 0 Å². The van der Waals surface area contributed by atoms with Gasteiger partial charge in [0.15, 0.2) is 0 Å². The lowest BCUT2D eigenvalue weighted by atomic mass is 10.5. The van der Waals surface area contributed by atoms with E-state index in [1.807, 2.05) is 6.92 Å². The van der Waals surface area contributed by atoms with Gasteiger partial charge in [-0.15, -0.1) is 0 Å². The van der Waals surface area contributed by atoms with Crippen molar-refractivity contribution in [1.82, 2.24) is 0 Å². The molecule has 0 bridgehead atoms. The van der Waals surface area contributed by atoms with Crippen LogP contribution in [0.15, 0.2) is 0 Å². The van der Waals surface area contributed by atoms with E-state index >= 15 is 0 Å². The van der Waals surface area contributed by atoms with Crippen molar-refractivity contribution >= 4 is 37.2 Å². The third-order valence-corrected chi connectivity index (χ3v) is 0.224. The van der Waals surface area contributed by atoms with Gasteiger partial charge in [-0.1, -0.05) is 6.92 Å². The fourth-order valence-corrected chi connectivity index (χ4v) is 0. The first-order chi connectivity index (χ1) is 2.91. The molecule has 0 saturated carbocycles. The zero-order valence-electron chi connectivity index (χ0n) is 3.62. The average Bonchev–Trinajstić information content (AvgIpc) is 1.72. The molecule has 0 aliphatic heterocycles. The standard InChI is InChI=1S/C3H8O.I2/c1-2-3-4;1-2/h4H,2-3H2,1H3;. The second-order valence-electron chi connectivity index (χ2n) is 0.724. The monoisotopic (exact) mass is 314 g/mol. The number of aliphatic hydroxyl groups excluding tert-OH is 1. The summed E-state index contributed by atoms with van der Waals surface area (Å²) in [5.74, 6) is 0. The van der Waals surface area contributed by atoms with Gasteiger partial charge in [-0.25, -0.2) is 0 Å². The van der Waals surface area contributed by atoms with Crippen molar-refractivity contribution in [3.8, 4) is 0 Å². The lowest BCUT2D eigenvalue weighted by molar-refractivity contribution is 0.295. The second-order valence-corrected chi connectivity index (χ2v) is 0.724. The molecule has 0 heterocycles. The molecule has 0 amide bonds. The highest BCUT2D eigenvalue weighted by Crippen LogP contribution is 1.89. The fourth-order valence-electron chi connectivity index (χ4n) is 0. The van der Waals surface area contributed by atoms with Gasteiger partial charge in [0.2, 0.25) is 0 Å². The van der Waals surface area contributed by atoms with E-state index in [0.717, 1.165) is 6.42 Å². The van der Waals surface area contributed by atoms with Gasteiger partial charge in [-0.3, -0.25) is 0 Å². The first-order valence-corrected chi connectivity index (χ1v) is 7.95. The van der Waals surface area contributed by atoms with Crippen LogP contribution in [0.3, 0.4) is 0 Å². The zero-order valence-corrected chi connectivity index (χ0v) is 7.93. The van der Waals surface area contributed by atoms with Gasteiger partial charge in [0.05, 0.1) is 0 Å². The van der Waals surface area contributed by atoms with Gasteiger partial charge < -0.3 is 5.11 Å². The largest absolute Gasteiger partial charge is 0.396 e. The van der Waals surface area contributed by atoms with Crippen LogP contribution in [0.25, 0.3) is 0 Å². The fraction of sp³-hybridized carbons (Fsp3) is 1.00. The first kappa shape index (κ1) is 10.4. The van der Waals surface area contributed by atoms with Crippen LogP contribution in [-0.2, 0) is 0 Å². The second kappa shape index (κ2) is 16.1. The molecule has 0 rings (SSSR count). The van der Waals surface area contributed by atoms with Gasteiger partial charge in [-0.05, 0) is 6.42 Å². The number of hydrogen-bond donors (Lipinski definition) is 1. The minimum Gasteiger partial charge on any atom is -0.396 e. The highest BCUT2D eigenvalue weighted by molar-refractivity contribution is 15.0. The molecular formula is C3H8I2O. The molecule has 40 valence electrons. The maximum Gasteiger partial charge on any atom is 0.0428 e. The highest BCUT2D eigenvalue weighted by Gasteiger charge is 1.57. The number of halogens is 2. The van der Waals surface area contributed by atoms with Gasteiger partial charge in [0.1, 0.15) is 0 Å². The minimum atomic E-state index is 0.319. The molecule has 1 nitrogen and oxygen atoms in total. The van der Waals surface area contributed by atoms with Crippen molar-refractivity contribution in [1.29, 1.82) is 0 Å². The van der Waals surface area contributed by atoms with Crippen LogP contribution >= 0.6 is 37.2 Å². The summed E-state index contributed by atoms with van der Waals surface area (Å²) in [4.78, 5) is 0. The van der Waals surface area contributed by atoms with E-state index in [9.17, 15) is 0 Å². The molecule has 0 fully saturated rings. The Hall–Kier alpha value is 1.42. The molecular weight excluding hydrogens is 306 g/mol. The van der Waals surface area contributed by atoms with E-state index in [1.54, 1.807) is 0 Å². The van der Waals surface area contributed by atoms with Crippen LogP contribution < -0.4 is 0 Å². The average molecular weight is 314 g/mol. The van der Waals surface area contributed by atoms with Crippen LogP contribution in [0, 0.1) is 0 Å². The molecule has 0 atom stereocenters. The maximum absolute atomic E-state index is 7.88. The van der Waals surface area contributed by atoms with Crippen molar-refractivity contribution in [3.63, 3.8) is 0 Å². The van der Waals surface area contributed by atoms with Gasteiger partial charge in [-0.2, -0.15) is 0 Å². The summed E-state index contributed by atoms with van der Waals surface area (Å²) in [5, 5.41) is 7.88. The Morgan fingerprint density at radius 3 is 1.67 bits per heavy atom. The Morgan fingerprint density at radius 2 is 1.67 bits per heavy atom. The highest BCUT2D eigenvalue weighted by atomic mass is 128. The van der Waals surface area contributed by atoms with Crippen LogP contribution in [0.1, 0.15) is 13.3 Å². The summed E-state index contributed by atoms with van der Waals surface area (Å²) in [6, 6.07) is 0. The molecule has 0 aromatic heterocycles. The Kier molecular flexibility index (Phi) is 28.0. The van der Waals surface area contributed by atoms with Crippen molar-refractivity contribution < 1.29 is 5.11 Å². The van der Waals surface area contributed by atoms with Crippen molar-refractivity contribution in [3.05, 3.63) is 0 Å². The number of rotatable bonds is 1. The Labute approximate surface area is 61.8 Å². The van der Waals surface area contributed by atoms with Crippen LogP contribution in [0.5, 0.6) is 0 Å². The summed E-state index contributed by atoms with van der Waals surface area (Å²) in [6.07, 6.45) is 0.875. The Balaban J connectivity index is 0. The summed E-state index contributed by atoms with van der Waals surface area (Å²) in [7, 11) is 0. The summed E-state index contributed by atoms with van der Waals surface area (Å²) in [6.45, 7) is 2.25. The third kappa shape index (κ3) is 18.1. The topological polar surface area (TPSA) is 20.2 Å². The zero-order chi connectivity index (χ0) is 5.41.